The first-order valence-electron chi connectivity index (χ1n) is 6.99. The number of furan rings is 1. The minimum atomic E-state index is -3.75. The first-order valence-corrected chi connectivity index (χ1v) is 8.47. The molecule has 0 aliphatic heterocycles. The van der Waals surface area contributed by atoms with Crippen LogP contribution in [-0.4, -0.2) is 33.9 Å². The van der Waals surface area contributed by atoms with Crippen molar-refractivity contribution in [1.29, 1.82) is 0 Å². The van der Waals surface area contributed by atoms with Crippen LogP contribution in [0.2, 0.25) is 0 Å². The number of carbonyl (C=O) groups is 2. The summed E-state index contributed by atoms with van der Waals surface area (Å²) in [7, 11) is -2.51. The van der Waals surface area contributed by atoms with Gasteiger partial charge < -0.3 is 14.5 Å². The van der Waals surface area contributed by atoms with Gasteiger partial charge in [-0.1, -0.05) is 0 Å². The zero-order chi connectivity index (χ0) is 17.7. The third-order valence-electron chi connectivity index (χ3n) is 2.99. The molecular formula is C15H16N2O6S. The van der Waals surface area contributed by atoms with Gasteiger partial charge in [0.05, 0.1) is 12.2 Å². The van der Waals surface area contributed by atoms with Gasteiger partial charge in [0.15, 0.2) is 5.76 Å². The highest BCUT2D eigenvalue weighted by Gasteiger charge is 2.19. The first kappa shape index (κ1) is 17.7. The third kappa shape index (κ3) is 4.00. The normalized spacial score (nSPS) is 11.1. The average molecular weight is 352 g/mol. The number of sulfonamides is 1. The number of esters is 1. The molecule has 1 heterocycles. The van der Waals surface area contributed by atoms with E-state index in [1.54, 1.807) is 6.92 Å². The van der Waals surface area contributed by atoms with E-state index in [-0.39, 0.29) is 17.5 Å². The van der Waals surface area contributed by atoms with Gasteiger partial charge in [0.2, 0.25) is 5.09 Å². The van der Waals surface area contributed by atoms with Crippen LogP contribution in [0.3, 0.4) is 0 Å². The fraction of sp³-hybridized carbons (Fsp3) is 0.200. The Labute approximate surface area is 138 Å². The molecule has 0 saturated heterocycles. The number of carbonyl (C=O) groups excluding carboxylic acids is 2. The second-order valence-corrected chi connectivity index (χ2v) is 6.40. The molecular weight excluding hydrogens is 336 g/mol. The Hall–Kier alpha value is -2.65. The molecule has 24 heavy (non-hydrogen) atoms. The quantitative estimate of drug-likeness (QED) is 0.764. The maximum atomic E-state index is 12.1. The summed E-state index contributed by atoms with van der Waals surface area (Å²) in [5.74, 6) is -1.22. The molecule has 128 valence electrons. The number of benzene rings is 1. The molecule has 0 aliphatic rings. The van der Waals surface area contributed by atoms with Gasteiger partial charge in [-0.15, -0.1) is 0 Å². The molecule has 8 nitrogen and oxygen atoms in total. The Balaban J connectivity index is 2.09. The monoisotopic (exact) mass is 352 g/mol. The highest BCUT2D eigenvalue weighted by Crippen LogP contribution is 2.16. The van der Waals surface area contributed by atoms with E-state index in [0.717, 1.165) is 0 Å². The summed E-state index contributed by atoms with van der Waals surface area (Å²) in [6.07, 6.45) is 0. The van der Waals surface area contributed by atoms with Crippen molar-refractivity contribution in [3.8, 4) is 0 Å². The summed E-state index contributed by atoms with van der Waals surface area (Å²) in [5.41, 5.74) is 0.776. The summed E-state index contributed by atoms with van der Waals surface area (Å²) < 4.78 is 35.1. The van der Waals surface area contributed by atoms with Crippen LogP contribution in [0.5, 0.6) is 0 Å². The van der Waals surface area contributed by atoms with Crippen LogP contribution in [-0.2, 0) is 14.8 Å². The van der Waals surface area contributed by atoms with E-state index < -0.39 is 21.9 Å². The van der Waals surface area contributed by atoms with Gasteiger partial charge in [-0.05, 0) is 50.4 Å². The van der Waals surface area contributed by atoms with Crippen molar-refractivity contribution in [2.45, 2.75) is 12.0 Å². The topological polar surface area (TPSA) is 115 Å². The molecule has 9 heteroatoms. The maximum Gasteiger partial charge on any atom is 0.338 e. The van der Waals surface area contributed by atoms with Crippen LogP contribution in [0, 0.1) is 0 Å². The van der Waals surface area contributed by atoms with Crippen LogP contribution in [0.1, 0.15) is 27.8 Å². The van der Waals surface area contributed by atoms with Crippen molar-refractivity contribution in [2.75, 3.05) is 19.0 Å². The molecule has 0 aliphatic carbocycles. The van der Waals surface area contributed by atoms with Crippen molar-refractivity contribution < 1.29 is 27.2 Å². The van der Waals surface area contributed by atoms with Crippen molar-refractivity contribution in [3.05, 3.63) is 47.7 Å². The van der Waals surface area contributed by atoms with E-state index in [0.29, 0.717) is 11.3 Å². The lowest BCUT2D eigenvalue weighted by Gasteiger charge is -2.05. The smallest absolute Gasteiger partial charge is 0.338 e. The van der Waals surface area contributed by atoms with Gasteiger partial charge in [0, 0.05) is 5.69 Å². The van der Waals surface area contributed by atoms with E-state index in [1.807, 2.05) is 0 Å². The minimum absolute atomic E-state index is 0.154. The zero-order valence-corrected chi connectivity index (χ0v) is 13.8. The van der Waals surface area contributed by atoms with Crippen LogP contribution in [0.15, 0.2) is 45.9 Å². The fourth-order valence-corrected chi connectivity index (χ4v) is 2.43. The highest BCUT2D eigenvalue weighted by atomic mass is 32.2. The van der Waals surface area contributed by atoms with Crippen LogP contribution in [0.4, 0.5) is 5.69 Å². The second kappa shape index (κ2) is 7.28. The average Bonchev–Trinajstić information content (AvgIpc) is 3.07. The van der Waals surface area contributed by atoms with Gasteiger partial charge in [-0.25, -0.2) is 17.9 Å². The second-order valence-electron chi connectivity index (χ2n) is 4.58. The molecule has 0 radical (unpaired) electrons. The Bertz CT molecular complexity index is 839. The van der Waals surface area contributed by atoms with Gasteiger partial charge in [0.25, 0.3) is 15.9 Å². The summed E-state index contributed by atoms with van der Waals surface area (Å²) in [5, 5.41) is 2.19. The number of hydrogen-bond donors (Lipinski definition) is 2. The lowest BCUT2D eigenvalue weighted by Crippen LogP contribution is -2.18. The molecule has 2 rings (SSSR count). The number of amides is 1. The number of nitrogens with one attached hydrogen (secondary N) is 2. The number of hydrogen-bond acceptors (Lipinski definition) is 6. The van der Waals surface area contributed by atoms with Crippen LogP contribution >= 0.6 is 0 Å². The number of rotatable bonds is 6. The largest absolute Gasteiger partial charge is 0.462 e. The third-order valence-corrected chi connectivity index (χ3v) is 4.28. The summed E-state index contributed by atoms with van der Waals surface area (Å²) in [4.78, 5) is 23.6. The van der Waals surface area contributed by atoms with Crippen LogP contribution < -0.4 is 10.0 Å². The standard InChI is InChI=1S/C15H16N2O6S/c1-3-22-15(19)10-4-6-11(7-5-10)17-14(18)12-8-9-13(23-12)24(20,21)16-2/h4-9,16H,3H2,1-2H3,(H,17,18). The van der Waals surface area contributed by atoms with E-state index in [2.05, 4.69) is 10.0 Å². The van der Waals surface area contributed by atoms with Crippen molar-refractivity contribution in [3.63, 3.8) is 0 Å². The fourth-order valence-electron chi connectivity index (χ4n) is 1.78. The van der Waals surface area contributed by atoms with Gasteiger partial charge in [-0.3, -0.25) is 4.79 Å². The molecule has 1 amide bonds. The molecule has 0 fully saturated rings. The predicted octanol–water partition coefficient (Wildman–Crippen LogP) is 1.62. The van der Waals surface area contributed by atoms with Crippen molar-refractivity contribution >= 4 is 27.6 Å². The SMILES string of the molecule is CCOC(=O)c1ccc(NC(=O)c2ccc(S(=O)(=O)NC)o2)cc1. The van der Waals surface area contributed by atoms with Gasteiger partial charge in [0.1, 0.15) is 0 Å². The Morgan fingerprint density at radius 3 is 2.38 bits per heavy atom. The maximum absolute atomic E-state index is 12.1. The van der Waals surface area contributed by atoms with Crippen molar-refractivity contribution in [2.24, 2.45) is 0 Å². The summed E-state index contributed by atoms with van der Waals surface area (Å²) >= 11 is 0. The number of ether oxygens (including phenoxy) is 1. The Kier molecular flexibility index (Phi) is 5.37. The van der Waals surface area contributed by atoms with Crippen molar-refractivity contribution in [1.82, 2.24) is 4.72 Å². The van der Waals surface area contributed by atoms with E-state index in [1.165, 1.54) is 43.4 Å². The molecule has 0 saturated carbocycles. The number of anilines is 1. The summed E-state index contributed by atoms with van der Waals surface area (Å²) in [6.45, 7) is 1.98. The van der Waals surface area contributed by atoms with E-state index in [4.69, 9.17) is 9.15 Å². The van der Waals surface area contributed by atoms with E-state index >= 15 is 0 Å². The lowest BCUT2D eigenvalue weighted by atomic mass is 10.2. The van der Waals surface area contributed by atoms with Crippen LogP contribution in [0.25, 0.3) is 0 Å². The molecule has 0 spiro atoms. The Morgan fingerprint density at radius 1 is 1.12 bits per heavy atom. The highest BCUT2D eigenvalue weighted by molar-refractivity contribution is 7.89. The molecule has 2 aromatic rings. The molecule has 0 unspecified atom stereocenters. The molecule has 0 bridgehead atoms. The first-order chi connectivity index (χ1) is 11.4. The summed E-state index contributed by atoms with van der Waals surface area (Å²) in [6, 6.07) is 8.51. The predicted molar refractivity (Wildman–Crippen MR) is 85.3 cm³/mol. The molecule has 2 N–H and O–H groups in total. The molecule has 0 atom stereocenters. The van der Waals surface area contributed by atoms with Gasteiger partial charge in [-0.2, -0.15) is 0 Å². The lowest BCUT2D eigenvalue weighted by molar-refractivity contribution is 0.0526. The molecule has 1 aromatic carbocycles. The van der Waals surface area contributed by atoms with Gasteiger partial charge >= 0.3 is 5.97 Å². The van der Waals surface area contributed by atoms with E-state index in [9.17, 15) is 18.0 Å². The molecule has 1 aromatic heterocycles. The zero-order valence-electron chi connectivity index (χ0n) is 13.0. The minimum Gasteiger partial charge on any atom is -0.462 e. The Morgan fingerprint density at radius 2 is 1.79 bits per heavy atom.